The van der Waals surface area contributed by atoms with Crippen molar-refractivity contribution in [2.45, 2.75) is 20.4 Å². The summed E-state index contributed by atoms with van der Waals surface area (Å²) in [5.74, 6) is -0.160. The van der Waals surface area contributed by atoms with Gasteiger partial charge in [-0.1, -0.05) is 12.1 Å². The summed E-state index contributed by atoms with van der Waals surface area (Å²) in [5, 5.41) is 0. The minimum absolute atomic E-state index is 0.160. The molecule has 0 aliphatic heterocycles. The monoisotopic (exact) mass is 153 g/mol. The van der Waals surface area contributed by atoms with Crippen LogP contribution in [-0.2, 0) is 6.54 Å². The molecule has 0 saturated heterocycles. The van der Waals surface area contributed by atoms with Crippen molar-refractivity contribution < 1.29 is 4.39 Å². The molecule has 1 rings (SSSR count). The first-order chi connectivity index (χ1) is 5.16. The van der Waals surface area contributed by atoms with Crippen molar-refractivity contribution in [3.63, 3.8) is 0 Å². The van der Waals surface area contributed by atoms with Crippen LogP contribution in [0.25, 0.3) is 0 Å². The second-order valence-electron chi connectivity index (χ2n) is 2.68. The summed E-state index contributed by atoms with van der Waals surface area (Å²) in [6.07, 6.45) is 0. The van der Waals surface area contributed by atoms with E-state index in [9.17, 15) is 4.39 Å². The number of halogens is 1. The van der Waals surface area contributed by atoms with Crippen LogP contribution < -0.4 is 5.73 Å². The molecule has 11 heavy (non-hydrogen) atoms. The van der Waals surface area contributed by atoms with E-state index in [2.05, 4.69) is 0 Å². The molecule has 1 aromatic carbocycles. The standard InChI is InChI=1S/C9H12FN/c1-6-3-4-8(5-11)9(10)7(6)2/h3-4H,5,11H2,1-2H3. The number of hydrogen-bond donors (Lipinski definition) is 1. The number of nitrogens with two attached hydrogens (primary N) is 1. The van der Waals surface area contributed by atoms with Crippen molar-refractivity contribution in [2.75, 3.05) is 0 Å². The van der Waals surface area contributed by atoms with E-state index in [4.69, 9.17) is 5.73 Å². The van der Waals surface area contributed by atoms with Crippen LogP contribution in [0.3, 0.4) is 0 Å². The lowest BCUT2D eigenvalue weighted by Gasteiger charge is -2.05. The van der Waals surface area contributed by atoms with Crippen molar-refractivity contribution in [3.8, 4) is 0 Å². The van der Waals surface area contributed by atoms with Crippen molar-refractivity contribution in [2.24, 2.45) is 5.73 Å². The van der Waals surface area contributed by atoms with Crippen LogP contribution in [-0.4, -0.2) is 0 Å². The third kappa shape index (κ3) is 1.40. The number of rotatable bonds is 1. The first-order valence-electron chi connectivity index (χ1n) is 3.61. The fourth-order valence-corrected chi connectivity index (χ4v) is 0.995. The first-order valence-corrected chi connectivity index (χ1v) is 3.61. The minimum Gasteiger partial charge on any atom is -0.326 e. The molecule has 0 aliphatic rings. The molecule has 2 N–H and O–H groups in total. The third-order valence-electron chi connectivity index (χ3n) is 1.96. The van der Waals surface area contributed by atoms with Crippen molar-refractivity contribution in [1.82, 2.24) is 0 Å². The summed E-state index contributed by atoms with van der Waals surface area (Å²) in [5.41, 5.74) is 7.59. The summed E-state index contributed by atoms with van der Waals surface area (Å²) < 4.78 is 13.2. The summed E-state index contributed by atoms with van der Waals surface area (Å²) in [4.78, 5) is 0. The van der Waals surface area contributed by atoms with Gasteiger partial charge in [-0.2, -0.15) is 0 Å². The Balaban J connectivity index is 3.25. The van der Waals surface area contributed by atoms with Gasteiger partial charge >= 0.3 is 0 Å². The lowest BCUT2D eigenvalue weighted by atomic mass is 10.1. The van der Waals surface area contributed by atoms with Gasteiger partial charge in [0.15, 0.2) is 0 Å². The molecule has 0 spiro atoms. The fraction of sp³-hybridized carbons (Fsp3) is 0.333. The zero-order valence-electron chi connectivity index (χ0n) is 6.82. The van der Waals surface area contributed by atoms with Gasteiger partial charge in [0.25, 0.3) is 0 Å². The Labute approximate surface area is 66.0 Å². The summed E-state index contributed by atoms with van der Waals surface area (Å²) in [6.45, 7) is 3.93. The van der Waals surface area contributed by atoms with Gasteiger partial charge in [-0.3, -0.25) is 0 Å². The molecule has 0 fully saturated rings. The van der Waals surface area contributed by atoms with E-state index in [1.807, 2.05) is 13.0 Å². The van der Waals surface area contributed by atoms with E-state index in [0.717, 1.165) is 5.56 Å². The van der Waals surface area contributed by atoms with Gasteiger partial charge < -0.3 is 5.73 Å². The van der Waals surface area contributed by atoms with Crippen molar-refractivity contribution in [3.05, 3.63) is 34.6 Å². The molecule has 0 atom stereocenters. The predicted octanol–water partition coefficient (Wildman–Crippen LogP) is 1.90. The van der Waals surface area contributed by atoms with E-state index in [1.54, 1.807) is 13.0 Å². The smallest absolute Gasteiger partial charge is 0.130 e. The largest absolute Gasteiger partial charge is 0.326 e. The van der Waals surface area contributed by atoms with Gasteiger partial charge in [-0.15, -0.1) is 0 Å². The Morgan fingerprint density at radius 2 is 2.00 bits per heavy atom. The number of aryl methyl sites for hydroxylation is 1. The maximum Gasteiger partial charge on any atom is 0.130 e. The van der Waals surface area contributed by atoms with Crippen molar-refractivity contribution >= 4 is 0 Å². The first kappa shape index (κ1) is 8.21. The molecule has 0 radical (unpaired) electrons. The van der Waals surface area contributed by atoms with Gasteiger partial charge in [0.05, 0.1) is 0 Å². The van der Waals surface area contributed by atoms with E-state index in [-0.39, 0.29) is 12.4 Å². The van der Waals surface area contributed by atoms with Crippen LogP contribution in [0.2, 0.25) is 0 Å². The highest BCUT2D eigenvalue weighted by Gasteiger charge is 2.04. The molecule has 2 heteroatoms. The van der Waals surface area contributed by atoms with E-state index in [1.165, 1.54) is 0 Å². The Morgan fingerprint density at radius 3 is 2.55 bits per heavy atom. The van der Waals surface area contributed by atoms with Gasteiger partial charge in [0.1, 0.15) is 5.82 Å². The van der Waals surface area contributed by atoms with Gasteiger partial charge in [-0.25, -0.2) is 4.39 Å². The van der Waals surface area contributed by atoms with Crippen LogP contribution in [0.4, 0.5) is 4.39 Å². The second kappa shape index (κ2) is 3.01. The zero-order chi connectivity index (χ0) is 8.43. The van der Waals surface area contributed by atoms with Crippen LogP contribution in [0.5, 0.6) is 0 Å². The van der Waals surface area contributed by atoms with Crippen LogP contribution in [0.1, 0.15) is 16.7 Å². The Morgan fingerprint density at radius 1 is 1.36 bits per heavy atom. The lowest BCUT2D eigenvalue weighted by molar-refractivity contribution is 0.600. The van der Waals surface area contributed by atoms with E-state index < -0.39 is 0 Å². The molecule has 0 bridgehead atoms. The SMILES string of the molecule is Cc1ccc(CN)c(F)c1C. The minimum atomic E-state index is -0.160. The topological polar surface area (TPSA) is 26.0 Å². The van der Waals surface area contributed by atoms with Gasteiger partial charge in [0, 0.05) is 12.1 Å². The molecule has 0 amide bonds. The number of benzene rings is 1. The molecular formula is C9H12FN. The molecule has 0 unspecified atom stereocenters. The van der Waals surface area contributed by atoms with Crippen molar-refractivity contribution in [1.29, 1.82) is 0 Å². The van der Waals surface area contributed by atoms with E-state index in [0.29, 0.717) is 11.1 Å². The van der Waals surface area contributed by atoms with Gasteiger partial charge in [0.2, 0.25) is 0 Å². The molecule has 60 valence electrons. The quantitative estimate of drug-likeness (QED) is 0.655. The maximum absolute atomic E-state index is 13.2. The van der Waals surface area contributed by atoms with Gasteiger partial charge in [-0.05, 0) is 25.0 Å². The summed E-state index contributed by atoms with van der Waals surface area (Å²) in [6, 6.07) is 3.62. The normalized spacial score (nSPS) is 10.2. The Bertz CT molecular complexity index is 269. The number of hydrogen-bond acceptors (Lipinski definition) is 1. The molecule has 0 saturated carbocycles. The molecule has 0 aliphatic carbocycles. The zero-order valence-corrected chi connectivity index (χ0v) is 6.82. The maximum atomic E-state index is 13.2. The second-order valence-corrected chi connectivity index (χ2v) is 2.68. The average Bonchev–Trinajstić information content (AvgIpc) is 2.01. The molecular weight excluding hydrogens is 141 g/mol. The van der Waals surface area contributed by atoms with Crippen LogP contribution in [0.15, 0.2) is 12.1 Å². The highest BCUT2D eigenvalue weighted by molar-refractivity contribution is 5.31. The average molecular weight is 153 g/mol. The molecule has 1 nitrogen and oxygen atoms in total. The Hall–Kier alpha value is -0.890. The van der Waals surface area contributed by atoms with E-state index >= 15 is 0 Å². The summed E-state index contributed by atoms with van der Waals surface area (Å²) in [7, 11) is 0. The lowest BCUT2D eigenvalue weighted by Crippen LogP contribution is -2.02. The Kier molecular flexibility index (Phi) is 2.25. The highest BCUT2D eigenvalue weighted by atomic mass is 19.1. The predicted molar refractivity (Wildman–Crippen MR) is 43.8 cm³/mol. The highest BCUT2D eigenvalue weighted by Crippen LogP contribution is 2.15. The molecule has 0 heterocycles. The third-order valence-corrected chi connectivity index (χ3v) is 1.96. The van der Waals surface area contributed by atoms with Crippen LogP contribution in [0, 0.1) is 19.7 Å². The molecule has 0 aromatic heterocycles. The fourth-order valence-electron chi connectivity index (χ4n) is 0.995. The summed E-state index contributed by atoms with van der Waals surface area (Å²) >= 11 is 0. The van der Waals surface area contributed by atoms with Crippen LogP contribution >= 0.6 is 0 Å². The molecule has 1 aromatic rings.